The summed E-state index contributed by atoms with van der Waals surface area (Å²) in [5.41, 5.74) is 0. The zero-order chi connectivity index (χ0) is 4.41. The summed E-state index contributed by atoms with van der Waals surface area (Å²) in [4.78, 5) is 0. The van der Waals surface area contributed by atoms with E-state index in [4.69, 9.17) is 5.11 Å². The van der Waals surface area contributed by atoms with Crippen LogP contribution in [0.3, 0.4) is 0 Å². The Kier molecular flexibility index (Phi) is 1.08. The molecule has 0 aromatic heterocycles. The smallest absolute Gasteiger partial charge is 0.0585 e. The lowest BCUT2D eigenvalue weighted by atomic mass is 10.1. The van der Waals surface area contributed by atoms with E-state index in [9.17, 15) is 0 Å². The average molecular weight is 87.1 g/mol. The van der Waals surface area contributed by atoms with Gasteiger partial charge in [-0.05, 0) is 13.0 Å². The van der Waals surface area contributed by atoms with E-state index in [0.717, 1.165) is 13.0 Å². The first-order chi connectivity index (χ1) is 2.93. The molecular weight excluding hydrogens is 78.0 g/mol. The molecule has 0 bridgehead atoms. The summed E-state index contributed by atoms with van der Waals surface area (Å²) in [6.45, 7) is 1.39. The number of aliphatic hydroxyl groups excluding tert-OH is 1. The van der Waals surface area contributed by atoms with E-state index in [-0.39, 0.29) is 0 Å². The van der Waals surface area contributed by atoms with Gasteiger partial charge in [-0.3, -0.25) is 0 Å². The molecule has 1 atom stereocenters. The van der Waals surface area contributed by atoms with Crippen LogP contribution < -0.4 is 5.32 Å². The van der Waals surface area contributed by atoms with E-state index in [1.54, 1.807) is 0 Å². The summed E-state index contributed by atoms with van der Waals surface area (Å²) >= 11 is 0. The molecule has 2 nitrogen and oxygen atoms in total. The Morgan fingerprint density at radius 3 is 2.50 bits per heavy atom. The molecule has 0 saturated carbocycles. The number of hydrogen-bond donors (Lipinski definition) is 2. The molecule has 0 aromatic carbocycles. The highest BCUT2D eigenvalue weighted by atomic mass is 16.3. The van der Waals surface area contributed by atoms with Crippen LogP contribution in [0.1, 0.15) is 6.42 Å². The molecule has 1 saturated heterocycles. The molecule has 1 rings (SSSR count). The highest BCUT2D eigenvalue weighted by Crippen LogP contribution is 1.97. The highest BCUT2D eigenvalue weighted by molar-refractivity contribution is 4.75. The summed E-state index contributed by atoms with van der Waals surface area (Å²) in [5, 5.41) is 11.4. The summed E-state index contributed by atoms with van der Waals surface area (Å²) in [5.74, 6) is 0. The average Bonchev–Trinajstić information content (AvgIpc) is 1.31. The fraction of sp³-hybridized carbons (Fsp3) is 1.00. The normalized spacial score (nSPS) is 32.5. The molecule has 1 fully saturated rings. The minimum atomic E-state index is 0.306. The van der Waals surface area contributed by atoms with Crippen LogP contribution in [0.15, 0.2) is 0 Å². The number of nitrogens with one attached hydrogen (secondary N) is 1. The maximum atomic E-state index is 8.32. The van der Waals surface area contributed by atoms with Gasteiger partial charge in [-0.1, -0.05) is 0 Å². The lowest BCUT2D eigenvalue weighted by molar-refractivity contribution is 0.199. The minimum absolute atomic E-state index is 0.306. The Bertz CT molecular complexity index is 40.1. The van der Waals surface area contributed by atoms with E-state index in [1.165, 1.54) is 0 Å². The van der Waals surface area contributed by atoms with Crippen LogP contribution in [0.25, 0.3) is 0 Å². The van der Waals surface area contributed by atoms with Gasteiger partial charge in [0.25, 0.3) is 0 Å². The van der Waals surface area contributed by atoms with Crippen molar-refractivity contribution < 1.29 is 5.11 Å². The summed E-state index contributed by atoms with van der Waals surface area (Å²) < 4.78 is 0. The molecule has 1 heterocycles. The first kappa shape index (κ1) is 4.09. The Balaban J connectivity index is 2.01. The Labute approximate surface area is 37.2 Å². The molecule has 36 valence electrons. The maximum absolute atomic E-state index is 8.32. The van der Waals surface area contributed by atoms with Crippen molar-refractivity contribution >= 4 is 0 Å². The zero-order valence-electron chi connectivity index (χ0n) is 3.65. The fourth-order valence-corrected chi connectivity index (χ4v) is 0.504. The van der Waals surface area contributed by atoms with Gasteiger partial charge in [0.2, 0.25) is 0 Å². The Morgan fingerprint density at radius 2 is 2.50 bits per heavy atom. The second-order valence-electron chi connectivity index (χ2n) is 1.62. The van der Waals surface area contributed by atoms with Gasteiger partial charge < -0.3 is 10.4 Å². The predicted molar refractivity (Wildman–Crippen MR) is 23.5 cm³/mol. The third-order valence-corrected chi connectivity index (χ3v) is 1.15. The van der Waals surface area contributed by atoms with Crippen molar-refractivity contribution in [2.75, 3.05) is 13.2 Å². The summed E-state index contributed by atoms with van der Waals surface area (Å²) in [6.07, 6.45) is 1.15. The SMILES string of the molecule is OC[C@H]1CCN1. The molecule has 0 unspecified atom stereocenters. The van der Waals surface area contributed by atoms with Gasteiger partial charge >= 0.3 is 0 Å². The van der Waals surface area contributed by atoms with E-state index in [2.05, 4.69) is 5.32 Å². The quantitative estimate of drug-likeness (QED) is 0.445. The van der Waals surface area contributed by atoms with E-state index in [1.807, 2.05) is 0 Å². The summed E-state index contributed by atoms with van der Waals surface area (Å²) in [7, 11) is 0. The van der Waals surface area contributed by atoms with Crippen LogP contribution in [-0.2, 0) is 0 Å². The van der Waals surface area contributed by atoms with Crippen molar-refractivity contribution in [3.8, 4) is 0 Å². The second kappa shape index (κ2) is 1.58. The second-order valence-corrected chi connectivity index (χ2v) is 1.62. The predicted octanol–water partition coefficient (Wildman–Crippen LogP) is -0.659. The highest BCUT2D eigenvalue weighted by Gasteiger charge is 2.13. The first-order valence-corrected chi connectivity index (χ1v) is 2.27. The van der Waals surface area contributed by atoms with Crippen molar-refractivity contribution in [3.05, 3.63) is 0 Å². The van der Waals surface area contributed by atoms with Crippen LogP contribution in [-0.4, -0.2) is 24.3 Å². The molecule has 2 heteroatoms. The van der Waals surface area contributed by atoms with Crippen molar-refractivity contribution in [3.63, 3.8) is 0 Å². The third-order valence-electron chi connectivity index (χ3n) is 1.15. The van der Waals surface area contributed by atoms with Gasteiger partial charge in [-0.2, -0.15) is 0 Å². The monoisotopic (exact) mass is 87.1 g/mol. The largest absolute Gasteiger partial charge is 0.395 e. The van der Waals surface area contributed by atoms with Gasteiger partial charge in [-0.15, -0.1) is 0 Å². The molecule has 0 spiro atoms. The molecule has 0 aromatic rings. The topological polar surface area (TPSA) is 32.3 Å². The lowest BCUT2D eigenvalue weighted by Crippen LogP contribution is -2.45. The van der Waals surface area contributed by atoms with Crippen molar-refractivity contribution in [2.24, 2.45) is 0 Å². The number of hydrogen-bond acceptors (Lipinski definition) is 2. The molecule has 1 aliphatic heterocycles. The Morgan fingerprint density at radius 1 is 1.83 bits per heavy atom. The standard InChI is InChI=1S/C4H9NO/c6-3-4-1-2-5-4/h4-6H,1-3H2/t4-/m1/s1. The lowest BCUT2D eigenvalue weighted by Gasteiger charge is -2.24. The summed E-state index contributed by atoms with van der Waals surface area (Å²) in [6, 6.07) is 0.421. The molecule has 2 N–H and O–H groups in total. The van der Waals surface area contributed by atoms with Crippen LogP contribution in [0.5, 0.6) is 0 Å². The fourth-order valence-electron chi connectivity index (χ4n) is 0.504. The molecule has 6 heavy (non-hydrogen) atoms. The minimum Gasteiger partial charge on any atom is -0.395 e. The van der Waals surface area contributed by atoms with Crippen molar-refractivity contribution in [2.45, 2.75) is 12.5 Å². The van der Waals surface area contributed by atoms with E-state index < -0.39 is 0 Å². The molecule has 0 aliphatic carbocycles. The number of aliphatic hydroxyl groups is 1. The molecular formula is C4H9NO. The molecule has 0 amide bonds. The van der Waals surface area contributed by atoms with E-state index in [0.29, 0.717) is 12.6 Å². The van der Waals surface area contributed by atoms with Gasteiger partial charge in [0.15, 0.2) is 0 Å². The van der Waals surface area contributed by atoms with Crippen LogP contribution in [0, 0.1) is 0 Å². The van der Waals surface area contributed by atoms with Crippen molar-refractivity contribution in [1.82, 2.24) is 5.32 Å². The van der Waals surface area contributed by atoms with E-state index >= 15 is 0 Å². The Hall–Kier alpha value is -0.0800. The van der Waals surface area contributed by atoms with Crippen LogP contribution in [0.4, 0.5) is 0 Å². The van der Waals surface area contributed by atoms with Crippen LogP contribution in [0.2, 0.25) is 0 Å². The maximum Gasteiger partial charge on any atom is 0.0585 e. The molecule has 0 radical (unpaired) electrons. The van der Waals surface area contributed by atoms with Gasteiger partial charge in [0, 0.05) is 6.04 Å². The zero-order valence-corrected chi connectivity index (χ0v) is 3.65. The van der Waals surface area contributed by atoms with Gasteiger partial charge in [0.05, 0.1) is 6.61 Å². The number of rotatable bonds is 1. The molecule has 1 aliphatic rings. The van der Waals surface area contributed by atoms with Gasteiger partial charge in [-0.25, -0.2) is 0 Å². The first-order valence-electron chi connectivity index (χ1n) is 2.27. The third kappa shape index (κ3) is 0.533. The van der Waals surface area contributed by atoms with Gasteiger partial charge in [0.1, 0.15) is 0 Å². The van der Waals surface area contributed by atoms with Crippen LogP contribution >= 0.6 is 0 Å². The van der Waals surface area contributed by atoms with Crippen molar-refractivity contribution in [1.29, 1.82) is 0 Å².